The van der Waals surface area contributed by atoms with Crippen LogP contribution in [-0.4, -0.2) is 29.0 Å². The zero-order valence-corrected chi connectivity index (χ0v) is 15.4. The lowest BCUT2D eigenvalue weighted by atomic mass is 9.79. The van der Waals surface area contributed by atoms with E-state index in [1.165, 1.54) is 16.5 Å². The van der Waals surface area contributed by atoms with E-state index in [0.29, 0.717) is 18.6 Å². The van der Waals surface area contributed by atoms with Crippen molar-refractivity contribution in [2.75, 3.05) is 12.4 Å². The Morgan fingerprint density at radius 2 is 2.04 bits per heavy atom. The van der Waals surface area contributed by atoms with E-state index in [9.17, 15) is 0 Å². The van der Waals surface area contributed by atoms with E-state index in [2.05, 4.69) is 50.6 Å². The fraction of sp³-hybridized carbons (Fsp3) is 0.318. The lowest BCUT2D eigenvalue weighted by Gasteiger charge is -2.34. The van der Waals surface area contributed by atoms with Gasteiger partial charge in [-0.15, -0.1) is 0 Å². The Labute approximate surface area is 158 Å². The highest BCUT2D eigenvalue weighted by atomic mass is 16.5. The van der Waals surface area contributed by atoms with Crippen LogP contribution in [0.15, 0.2) is 53.8 Å². The molecule has 2 aromatic heterocycles. The van der Waals surface area contributed by atoms with Crippen molar-refractivity contribution in [2.24, 2.45) is 10.9 Å². The van der Waals surface area contributed by atoms with Gasteiger partial charge in [-0.2, -0.15) is 0 Å². The van der Waals surface area contributed by atoms with Gasteiger partial charge in [-0.3, -0.25) is 15.0 Å². The summed E-state index contributed by atoms with van der Waals surface area (Å²) in [6.45, 7) is 0.643. The molecule has 3 heterocycles. The monoisotopic (exact) mass is 358 g/mol. The summed E-state index contributed by atoms with van der Waals surface area (Å²) < 4.78 is 5.40. The Morgan fingerprint density at radius 3 is 2.93 bits per heavy atom. The number of anilines is 1. The zero-order chi connectivity index (χ0) is 18.2. The predicted molar refractivity (Wildman–Crippen MR) is 107 cm³/mol. The molecule has 0 bridgehead atoms. The molecule has 0 atom stereocenters. The number of amidine groups is 1. The van der Waals surface area contributed by atoms with Crippen LogP contribution in [0.3, 0.4) is 0 Å². The minimum Gasteiger partial charge on any atom is -0.381 e. The van der Waals surface area contributed by atoms with Crippen molar-refractivity contribution in [3.63, 3.8) is 0 Å². The van der Waals surface area contributed by atoms with Gasteiger partial charge in [-0.05, 0) is 60.9 Å². The number of aromatic nitrogens is 2. The summed E-state index contributed by atoms with van der Waals surface area (Å²) in [5, 5.41) is 5.90. The van der Waals surface area contributed by atoms with E-state index < -0.39 is 0 Å². The Kier molecular flexibility index (Phi) is 4.09. The van der Waals surface area contributed by atoms with Crippen LogP contribution in [0.4, 0.5) is 5.69 Å². The second-order valence-corrected chi connectivity index (χ2v) is 7.38. The number of methoxy groups -OCH3 is 1. The number of hydrogen-bond acceptors (Lipinski definition) is 5. The lowest BCUT2D eigenvalue weighted by molar-refractivity contribution is 0.00127. The average Bonchev–Trinajstić information content (AvgIpc) is 3.07. The fourth-order valence-corrected chi connectivity index (χ4v) is 4.05. The average molecular weight is 358 g/mol. The molecule has 1 aliphatic heterocycles. The molecule has 27 heavy (non-hydrogen) atoms. The second kappa shape index (κ2) is 6.74. The van der Waals surface area contributed by atoms with Gasteiger partial charge in [-0.25, -0.2) is 0 Å². The topological polar surface area (TPSA) is 59.4 Å². The molecule has 1 saturated carbocycles. The SMILES string of the molecule is COC1CC(Cc2nccc3cc(NC4=NCc5ncccc54)ccc23)C1. The number of ether oxygens (including phenoxy) is 1. The first-order valence-corrected chi connectivity index (χ1v) is 9.46. The van der Waals surface area contributed by atoms with Crippen LogP contribution in [0, 0.1) is 5.92 Å². The number of benzene rings is 1. The summed E-state index contributed by atoms with van der Waals surface area (Å²) in [4.78, 5) is 13.6. The Bertz CT molecular complexity index is 1020. The van der Waals surface area contributed by atoms with Gasteiger partial charge in [0.15, 0.2) is 0 Å². The van der Waals surface area contributed by atoms with Gasteiger partial charge in [-0.1, -0.05) is 6.07 Å². The molecule has 0 saturated heterocycles. The normalized spacial score (nSPS) is 20.9. The van der Waals surface area contributed by atoms with Gasteiger partial charge in [0, 0.05) is 41.8 Å². The third kappa shape index (κ3) is 3.08. The van der Waals surface area contributed by atoms with Crippen molar-refractivity contribution in [3.05, 3.63) is 65.7 Å². The number of nitrogens with one attached hydrogen (secondary N) is 1. The molecular weight excluding hydrogens is 336 g/mol. The number of fused-ring (bicyclic) bond motifs is 2. The molecule has 1 fully saturated rings. The largest absolute Gasteiger partial charge is 0.381 e. The Morgan fingerprint density at radius 1 is 1.11 bits per heavy atom. The van der Waals surface area contributed by atoms with Crippen LogP contribution in [-0.2, 0) is 17.7 Å². The van der Waals surface area contributed by atoms with Crippen LogP contribution in [0.5, 0.6) is 0 Å². The van der Waals surface area contributed by atoms with E-state index in [0.717, 1.165) is 42.0 Å². The first-order valence-electron chi connectivity index (χ1n) is 9.46. The number of rotatable bonds is 4. The van der Waals surface area contributed by atoms with Gasteiger partial charge in [0.05, 0.1) is 18.3 Å². The van der Waals surface area contributed by atoms with Crippen LogP contribution in [0.25, 0.3) is 10.8 Å². The second-order valence-electron chi connectivity index (χ2n) is 7.38. The summed E-state index contributed by atoms with van der Waals surface area (Å²) in [6, 6.07) is 12.6. The van der Waals surface area contributed by atoms with Crippen molar-refractivity contribution in [2.45, 2.75) is 31.9 Å². The van der Waals surface area contributed by atoms with Crippen molar-refractivity contribution in [1.29, 1.82) is 0 Å². The lowest BCUT2D eigenvalue weighted by Crippen LogP contribution is -2.31. The molecule has 1 aliphatic carbocycles. The van der Waals surface area contributed by atoms with Crippen molar-refractivity contribution in [3.8, 4) is 0 Å². The van der Waals surface area contributed by atoms with E-state index in [4.69, 9.17) is 4.74 Å². The molecule has 3 aromatic rings. The van der Waals surface area contributed by atoms with Gasteiger partial charge in [0.1, 0.15) is 5.84 Å². The minimum atomic E-state index is 0.435. The van der Waals surface area contributed by atoms with Gasteiger partial charge in [0.2, 0.25) is 0 Å². The third-order valence-electron chi connectivity index (χ3n) is 5.65. The van der Waals surface area contributed by atoms with Crippen molar-refractivity contribution in [1.82, 2.24) is 9.97 Å². The Balaban J connectivity index is 1.37. The maximum atomic E-state index is 5.40. The van der Waals surface area contributed by atoms with Crippen LogP contribution in [0.1, 0.15) is 29.8 Å². The molecule has 136 valence electrons. The number of nitrogens with zero attached hydrogens (tertiary/aromatic N) is 3. The van der Waals surface area contributed by atoms with Crippen LogP contribution < -0.4 is 5.32 Å². The zero-order valence-electron chi connectivity index (χ0n) is 15.4. The summed E-state index contributed by atoms with van der Waals surface area (Å²) in [5.74, 6) is 1.58. The molecule has 1 aromatic carbocycles. The summed E-state index contributed by atoms with van der Waals surface area (Å²) in [7, 11) is 1.80. The van der Waals surface area contributed by atoms with E-state index in [-0.39, 0.29) is 0 Å². The van der Waals surface area contributed by atoms with Gasteiger partial charge in [0.25, 0.3) is 0 Å². The highest BCUT2D eigenvalue weighted by molar-refractivity contribution is 6.10. The molecule has 0 radical (unpaired) electrons. The smallest absolute Gasteiger partial charge is 0.135 e. The highest BCUT2D eigenvalue weighted by Gasteiger charge is 2.29. The number of aliphatic imine (C=N–C) groups is 1. The maximum absolute atomic E-state index is 5.40. The summed E-state index contributed by atoms with van der Waals surface area (Å²) in [6.07, 6.45) is 7.47. The van der Waals surface area contributed by atoms with Crippen molar-refractivity contribution >= 4 is 22.3 Å². The molecule has 2 aliphatic rings. The molecule has 0 spiro atoms. The number of pyridine rings is 2. The molecular formula is C22H22N4O. The summed E-state index contributed by atoms with van der Waals surface area (Å²) >= 11 is 0. The molecule has 0 amide bonds. The quantitative estimate of drug-likeness (QED) is 0.767. The molecule has 1 N–H and O–H groups in total. The van der Waals surface area contributed by atoms with Gasteiger partial charge < -0.3 is 10.1 Å². The Hall–Kier alpha value is -2.79. The van der Waals surface area contributed by atoms with Crippen LogP contribution in [0.2, 0.25) is 0 Å². The van der Waals surface area contributed by atoms with E-state index >= 15 is 0 Å². The van der Waals surface area contributed by atoms with Gasteiger partial charge >= 0.3 is 0 Å². The van der Waals surface area contributed by atoms with E-state index in [1.54, 1.807) is 7.11 Å². The van der Waals surface area contributed by atoms with Crippen LogP contribution >= 0.6 is 0 Å². The first-order chi connectivity index (χ1) is 13.3. The highest BCUT2D eigenvalue weighted by Crippen LogP contribution is 2.34. The minimum absolute atomic E-state index is 0.435. The van der Waals surface area contributed by atoms with E-state index in [1.807, 2.05) is 18.5 Å². The molecule has 5 nitrogen and oxygen atoms in total. The molecule has 5 heteroatoms. The fourth-order valence-electron chi connectivity index (χ4n) is 4.05. The summed E-state index contributed by atoms with van der Waals surface area (Å²) in [5.41, 5.74) is 4.34. The maximum Gasteiger partial charge on any atom is 0.135 e. The van der Waals surface area contributed by atoms with Crippen molar-refractivity contribution < 1.29 is 4.74 Å². The third-order valence-corrected chi connectivity index (χ3v) is 5.65. The molecule has 0 unspecified atom stereocenters. The predicted octanol–water partition coefficient (Wildman–Crippen LogP) is 3.97. The standard InChI is InChI=1S/C22H22N4O/c1-27-17-9-14(10-17)11-20-18-5-4-16(12-15(18)6-8-24-20)26-22-19-3-2-7-23-21(19)13-25-22/h2-8,12,14,17H,9-11,13H2,1H3,(H,25,26). The number of hydrogen-bond donors (Lipinski definition) is 1. The molecule has 5 rings (SSSR count). The first kappa shape index (κ1) is 16.4.